The Bertz CT molecular complexity index is 1090. The predicted molar refractivity (Wildman–Crippen MR) is 116 cm³/mol. The molecule has 0 aliphatic carbocycles. The van der Waals surface area contributed by atoms with Crippen LogP contribution in [0.25, 0.3) is 11.0 Å². The highest BCUT2D eigenvalue weighted by Gasteiger charge is 2.19. The molecule has 29 heavy (non-hydrogen) atoms. The van der Waals surface area contributed by atoms with Crippen LogP contribution in [0, 0.1) is 13.8 Å². The summed E-state index contributed by atoms with van der Waals surface area (Å²) in [5.41, 5.74) is 5.35. The Balaban J connectivity index is 1.53. The van der Waals surface area contributed by atoms with E-state index < -0.39 is 6.10 Å². The average Bonchev–Trinajstić information content (AvgIpc) is 3.05. The zero-order chi connectivity index (χ0) is 20.2. The normalized spacial score (nSPS) is 13.5. The number of benzene rings is 3. The second kappa shape index (κ2) is 8.60. The van der Waals surface area contributed by atoms with Crippen LogP contribution in [0.1, 0.15) is 28.6 Å². The minimum atomic E-state index is -0.637. The van der Waals surface area contributed by atoms with Crippen LogP contribution in [0.5, 0.6) is 0 Å². The minimum absolute atomic E-state index is 0.215. The first kappa shape index (κ1) is 19.4. The third kappa shape index (κ3) is 4.24. The molecule has 0 radical (unpaired) electrons. The van der Waals surface area contributed by atoms with Crippen molar-refractivity contribution in [3.63, 3.8) is 0 Å². The lowest BCUT2D eigenvalue weighted by Gasteiger charge is -2.23. The van der Waals surface area contributed by atoms with Crippen LogP contribution < -0.4 is 0 Å². The highest BCUT2D eigenvalue weighted by molar-refractivity contribution is 5.75. The van der Waals surface area contributed by atoms with E-state index in [1.54, 1.807) is 0 Å². The van der Waals surface area contributed by atoms with Crippen molar-refractivity contribution in [2.24, 2.45) is 0 Å². The van der Waals surface area contributed by atoms with E-state index in [2.05, 4.69) is 40.7 Å². The van der Waals surface area contributed by atoms with Crippen molar-refractivity contribution in [2.45, 2.75) is 32.6 Å². The number of ether oxygens (including phenoxy) is 1. The maximum atomic E-state index is 10.7. The summed E-state index contributed by atoms with van der Waals surface area (Å²) >= 11 is 0. The molecule has 0 spiro atoms. The fraction of sp³-hybridized carbons (Fsp3) is 0.240. The SMILES string of the molecule is Cc1ccccc1[C@@H](OC[C@H](O)Cn1c(C)nc2ccccc21)c1ccccc1. The van der Waals surface area contributed by atoms with Crippen LogP contribution in [0.15, 0.2) is 78.9 Å². The molecule has 0 amide bonds. The van der Waals surface area contributed by atoms with Crippen molar-refractivity contribution in [1.82, 2.24) is 9.55 Å². The number of rotatable bonds is 7. The largest absolute Gasteiger partial charge is 0.389 e. The molecule has 4 heteroatoms. The summed E-state index contributed by atoms with van der Waals surface area (Å²) in [6.07, 6.45) is -0.853. The molecule has 1 aromatic heterocycles. The monoisotopic (exact) mass is 386 g/mol. The summed E-state index contributed by atoms with van der Waals surface area (Å²) in [4.78, 5) is 4.58. The van der Waals surface area contributed by atoms with Gasteiger partial charge in [0.1, 0.15) is 11.9 Å². The molecular formula is C25H26N2O2. The molecule has 0 unspecified atom stereocenters. The number of para-hydroxylation sites is 2. The van der Waals surface area contributed by atoms with E-state index in [4.69, 9.17) is 4.74 Å². The van der Waals surface area contributed by atoms with Crippen molar-refractivity contribution >= 4 is 11.0 Å². The Hall–Kier alpha value is -2.95. The third-order valence-electron chi connectivity index (χ3n) is 5.27. The number of aromatic nitrogens is 2. The van der Waals surface area contributed by atoms with E-state index >= 15 is 0 Å². The van der Waals surface area contributed by atoms with E-state index in [1.165, 1.54) is 5.56 Å². The van der Waals surface area contributed by atoms with Gasteiger partial charge in [0, 0.05) is 0 Å². The quantitative estimate of drug-likeness (QED) is 0.495. The second-order valence-corrected chi connectivity index (χ2v) is 7.39. The van der Waals surface area contributed by atoms with Gasteiger partial charge < -0.3 is 14.4 Å². The fourth-order valence-electron chi connectivity index (χ4n) is 3.77. The van der Waals surface area contributed by atoms with Gasteiger partial charge in [-0.05, 0) is 42.7 Å². The topological polar surface area (TPSA) is 47.3 Å². The van der Waals surface area contributed by atoms with Gasteiger partial charge in [0.05, 0.1) is 30.3 Å². The van der Waals surface area contributed by atoms with Crippen molar-refractivity contribution < 1.29 is 9.84 Å². The highest BCUT2D eigenvalue weighted by Crippen LogP contribution is 2.28. The molecule has 0 bridgehead atoms. The smallest absolute Gasteiger partial charge is 0.108 e. The van der Waals surface area contributed by atoms with Gasteiger partial charge in [-0.1, -0.05) is 66.7 Å². The first-order valence-corrected chi connectivity index (χ1v) is 9.95. The molecule has 0 saturated carbocycles. The third-order valence-corrected chi connectivity index (χ3v) is 5.27. The zero-order valence-electron chi connectivity index (χ0n) is 16.8. The summed E-state index contributed by atoms with van der Waals surface area (Å²) in [5.74, 6) is 0.892. The van der Waals surface area contributed by atoms with Gasteiger partial charge in [-0.25, -0.2) is 4.98 Å². The van der Waals surface area contributed by atoms with Crippen molar-refractivity contribution in [3.8, 4) is 0 Å². The van der Waals surface area contributed by atoms with Crippen LogP contribution in [0.2, 0.25) is 0 Å². The first-order valence-electron chi connectivity index (χ1n) is 9.95. The first-order chi connectivity index (χ1) is 14.1. The summed E-state index contributed by atoms with van der Waals surface area (Å²) in [5, 5.41) is 10.7. The molecule has 0 fully saturated rings. The Kier molecular flexibility index (Phi) is 5.74. The van der Waals surface area contributed by atoms with Crippen LogP contribution in [0.4, 0.5) is 0 Å². The van der Waals surface area contributed by atoms with E-state index in [-0.39, 0.29) is 12.7 Å². The summed E-state index contributed by atoms with van der Waals surface area (Å²) in [6.45, 7) is 4.74. The Labute approximate surface area is 171 Å². The molecule has 1 heterocycles. The van der Waals surface area contributed by atoms with E-state index in [1.807, 2.05) is 61.5 Å². The van der Waals surface area contributed by atoms with Gasteiger partial charge in [-0.2, -0.15) is 0 Å². The van der Waals surface area contributed by atoms with Gasteiger partial charge in [0.15, 0.2) is 0 Å². The minimum Gasteiger partial charge on any atom is -0.389 e. The molecule has 3 aromatic carbocycles. The number of nitrogens with zero attached hydrogens (tertiary/aromatic N) is 2. The Morgan fingerprint density at radius 3 is 2.38 bits per heavy atom. The molecule has 148 valence electrons. The Morgan fingerprint density at radius 2 is 1.59 bits per heavy atom. The maximum absolute atomic E-state index is 10.7. The van der Waals surface area contributed by atoms with Gasteiger partial charge in [-0.3, -0.25) is 0 Å². The predicted octanol–water partition coefficient (Wildman–Crippen LogP) is 4.82. The zero-order valence-corrected chi connectivity index (χ0v) is 16.8. The number of fused-ring (bicyclic) bond motifs is 1. The molecular weight excluding hydrogens is 360 g/mol. The number of hydrogen-bond acceptors (Lipinski definition) is 3. The van der Waals surface area contributed by atoms with Gasteiger partial charge in [-0.15, -0.1) is 0 Å². The number of aryl methyl sites for hydroxylation is 2. The summed E-state index contributed by atoms with van der Waals surface area (Å²) < 4.78 is 8.32. The lowest BCUT2D eigenvalue weighted by molar-refractivity contribution is -0.000553. The lowest BCUT2D eigenvalue weighted by Crippen LogP contribution is -2.24. The molecule has 4 rings (SSSR count). The number of hydrogen-bond donors (Lipinski definition) is 1. The van der Waals surface area contributed by atoms with E-state index in [0.29, 0.717) is 6.54 Å². The molecule has 4 nitrogen and oxygen atoms in total. The van der Waals surface area contributed by atoms with Crippen LogP contribution in [-0.4, -0.2) is 27.4 Å². The standard InChI is InChI=1S/C25H26N2O2/c1-18-10-6-7-13-22(18)25(20-11-4-3-5-12-20)29-17-21(28)16-27-19(2)26-23-14-8-9-15-24(23)27/h3-15,21,25,28H,16-17H2,1-2H3/t21-,25+/m1/s1. The second-order valence-electron chi connectivity index (χ2n) is 7.39. The Morgan fingerprint density at radius 1 is 0.897 bits per heavy atom. The van der Waals surface area contributed by atoms with Crippen molar-refractivity contribution in [3.05, 3.63) is 101 Å². The summed E-state index contributed by atoms with van der Waals surface area (Å²) in [6, 6.07) is 26.4. The number of aliphatic hydroxyl groups is 1. The fourth-order valence-corrected chi connectivity index (χ4v) is 3.77. The van der Waals surface area contributed by atoms with Crippen LogP contribution >= 0.6 is 0 Å². The van der Waals surface area contributed by atoms with Crippen LogP contribution in [0.3, 0.4) is 0 Å². The highest BCUT2D eigenvalue weighted by atomic mass is 16.5. The molecule has 1 N–H and O–H groups in total. The maximum Gasteiger partial charge on any atom is 0.108 e. The van der Waals surface area contributed by atoms with Crippen molar-refractivity contribution in [1.29, 1.82) is 0 Å². The lowest BCUT2D eigenvalue weighted by atomic mass is 9.97. The molecule has 2 atom stereocenters. The molecule has 0 aliphatic heterocycles. The van der Waals surface area contributed by atoms with Gasteiger partial charge >= 0.3 is 0 Å². The molecule has 4 aromatic rings. The number of imidazole rings is 1. The van der Waals surface area contributed by atoms with E-state index in [9.17, 15) is 5.11 Å². The van der Waals surface area contributed by atoms with E-state index in [0.717, 1.165) is 28.0 Å². The van der Waals surface area contributed by atoms with Crippen LogP contribution in [-0.2, 0) is 11.3 Å². The van der Waals surface area contributed by atoms with Crippen molar-refractivity contribution in [2.75, 3.05) is 6.61 Å². The molecule has 0 aliphatic rings. The van der Waals surface area contributed by atoms with Gasteiger partial charge in [0.2, 0.25) is 0 Å². The molecule has 0 saturated heterocycles. The number of aliphatic hydroxyl groups excluding tert-OH is 1. The summed E-state index contributed by atoms with van der Waals surface area (Å²) in [7, 11) is 0. The van der Waals surface area contributed by atoms with Gasteiger partial charge in [0.25, 0.3) is 0 Å². The average molecular weight is 386 g/mol.